The molecule has 2 aromatic rings. The number of anilines is 1. The lowest BCUT2D eigenvalue weighted by Gasteiger charge is -2.35. The summed E-state index contributed by atoms with van der Waals surface area (Å²) in [7, 11) is 0. The van der Waals surface area contributed by atoms with Crippen molar-refractivity contribution < 1.29 is 9.53 Å². The van der Waals surface area contributed by atoms with Gasteiger partial charge in [-0.15, -0.1) is 0 Å². The van der Waals surface area contributed by atoms with Gasteiger partial charge in [-0.05, 0) is 38.7 Å². The van der Waals surface area contributed by atoms with Crippen molar-refractivity contribution in [2.45, 2.75) is 46.2 Å². The third-order valence-electron chi connectivity index (χ3n) is 5.90. The fraction of sp³-hybridized carbons (Fsp3) is 0.522. The van der Waals surface area contributed by atoms with E-state index in [4.69, 9.17) is 14.7 Å². The molecule has 0 spiro atoms. The number of piperidine rings is 1. The minimum Gasteiger partial charge on any atom is -0.466 e. The lowest BCUT2D eigenvalue weighted by Crippen LogP contribution is -2.39. The van der Waals surface area contributed by atoms with Crippen LogP contribution in [0.2, 0.25) is 0 Å². The number of hydrogen-bond acceptors (Lipinski definition) is 6. The van der Waals surface area contributed by atoms with E-state index >= 15 is 0 Å². The third kappa shape index (κ3) is 4.58. The Labute approximate surface area is 172 Å². The van der Waals surface area contributed by atoms with Gasteiger partial charge in [0.15, 0.2) is 0 Å². The summed E-state index contributed by atoms with van der Waals surface area (Å²) in [4.78, 5) is 26.4. The van der Waals surface area contributed by atoms with Gasteiger partial charge in [0.25, 0.3) is 0 Å². The van der Waals surface area contributed by atoms with Crippen molar-refractivity contribution in [3.8, 4) is 0 Å². The van der Waals surface area contributed by atoms with Crippen molar-refractivity contribution in [3.63, 3.8) is 0 Å². The summed E-state index contributed by atoms with van der Waals surface area (Å²) in [5.41, 5.74) is 3.78. The Hall–Kier alpha value is -2.47. The average molecular weight is 395 g/mol. The molecule has 1 saturated heterocycles. The van der Waals surface area contributed by atoms with Gasteiger partial charge in [-0.1, -0.05) is 30.3 Å². The molecule has 0 aliphatic carbocycles. The first-order valence-corrected chi connectivity index (χ1v) is 10.7. The van der Waals surface area contributed by atoms with Crippen LogP contribution in [0, 0.1) is 12.8 Å². The number of aryl methyl sites for hydroxylation is 1. The molecule has 1 aromatic heterocycles. The quantitative estimate of drug-likeness (QED) is 0.727. The van der Waals surface area contributed by atoms with Crippen LogP contribution in [0.4, 0.5) is 5.82 Å². The Morgan fingerprint density at radius 2 is 1.90 bits per heavy atom. The fourth-order valence-corrected chi connectivity index (χ4v) is 4.41. The van der Waals surface area contributed by atoms with Crippen LogP contribution in [0.5, 0.6) is 0 Å². The molecule has 1 fully saturated rings. The van der Waals surface area contributed by atoms with Gasteiger partial charge in [0.05, 0.1) is 18.2 Å². The molecule has 0 atom stereocenters. The standard InChI is InChI=1S/C23H30N4O2/c1-3-29-23(28)19-9-13-27(14-10-19)22-20-11-12-26(15-18-7-5-4-6-8-18)16-21(20)24-17(2)25-22/h4-8,19H,3,9-16H2,1-2H3. The van der Waals surface area contributed by atoms with Gasteiger partial charge < -0.3 is 9.64 Å². The smallest absolute Gasteiger partial charge is 0.309 e. The molecule has 2 aliphatic rings. The maximum Gasteiger partial charge on any atom is 0.309 e. The molecule has 0 N–H and O–H groups in total. The second-order valence-corrected chi connectivity index (χ2v) is 7.98. The first-order chi connectivity index (χ1) is 14.1. The number of ether oxygens (including phenoxy) is 1. The van der Waals surface area contributed by atoms with Crippen LogP contribution in [0.15, 0.2) is 30.3 Å². The van der Waals surface area contributed by atoms with E-state index in [1.165, 1.54) is 11.1 Å². The molecular weight excluding hydrogens is 364 g/mol. The SMILES string of the molecule is CCOC(=O)C1CCN(c2nc(C)nc3c2CCN(Cc2ccccc2)C3)CC1. The van der Waals surface area contributed by atoms with Gasteiger partial charge in [-0.2, -0.15) is 0 Å². The lowest BCUT2D eigenvalue weighted by molar-refractivity contribution is -0.148. The third-order valence-corrected chi connectivity index (χ3v) is 5.90. The highest BCUT2D eigenvalue weighted by Gasteiger charge is 2.30. The molecule has 1 aromatic carbocycles. The van der Waals surface area contributed by atoms with Gasteiger partial charge in [-0.25, -0.2) is 9.97 Å². The van der Waals surface area contributed by atoms with Crippen LogP contribution < -0.4 is 4.90 Å². The van der Waals surface area contributed by atoms with E-state index in [0.717, 1.165) is 69.3 Å². The van der Waals surface area contributed by atoms with E-state index < -0.39 is 0 Å². The number of benzene rings is 1. The second kappa shape index (κ2) is 8.91. The fourth-order valence-electron chi connectivity index (χ4n) is 4.41. The first kappa shape index (κ1) is 19.8. The zero-order valence-electron chi connectivity index (χ0n) is 17.4. The summed E-state index contributed by atoms with van der Waals surface area (Å²) in [6, 6.07) is 10.6. The Kier molecular flexibility index (Phi) is 6.09. The summed E-state index contributed by atoms with van der Waals surface area (Å²) < 4.78 is 5.20. The predicted octanol–water partition coefficient (Wildman–Crippen LogP) is 3.12. The molecule has 4 rings (SSSR count). The van der Waals surface area contributed by atoms with Crippen LogP contribution in [-0.4, -0.2) is 47.1 Å². The zero-order chi connectivity index (χ0) is 20.2. The highest BCUT2D eigenvalue weighted by Crippen LogP contribution is 2.30. The van der Waals surface area contributed by atoms with E-state index in [-0.39, 0.29) is 11.9 Å². The van der Waals surface area contributed by atoms with E-state index in [1.807, 2.05) is 13.8 Å². The maximum absolute atomic E-state index is 12.0. The topological polar surface area (TPSA) is 58.6 Å². The Morgan fingerprint density at radius 3 is 2.62 bits per heavy atom. The van der Waals surface area contributed by atoms with Gasteiger partial charge >= 0.3 is 5.97 Å². The molecule has 0 unspecified atom stereocenters. The molecule has 0 bridgehead atoms. The highest BCUT2D eigenvalue weighted by molar-refractivity contribution is 5.73. The summed E-state index contributed by atoms with van der Waals surface area (Å²) in [5.74, 6) is 1.87. The van der Waals surface area contributed by atoms with E-state index in [0.29, 0.717) is 6.61 Å². The van der Waals surface area contributed by atoms with Crippen LogP contribution >= 0.6 is 0 Å². The Balaban J connectivity index is 1.46. The van der Waals surface area contributed by atoms with Crippen molar-refractivity contribution in [1.82, 2.24) is 14.9 Å². The molecule has 154 valence electrons. The number of rotatable bonds is 5. The van der Waals surface area contributed by atoms with Gasteiger partial charge in [0.1, 0.15) is 11.6 Å². The first-order valence-electron chi connectivity index (χ1n) is 10.7. The molecule has 0 saturated carbocycles. The number of carbonyl (C=O) groups is 1. The van der Waals surface area contributed by atoms with E-state index in [9.17, 15) is 4.79 Å². The van der Waals surface area contributed by atoms with Crippen LogP contribution in [0.1, 0.15) is 42.4 Å². The minimum absolute atomic E-state index is 0.0197. The predicted molar refractivity (Wildman–Crippen MR) is 113 cm³/mol. The monoisotopic (exact) mass is 394 g/mol. The van der Waals surface area contributed by atoms with Crippen molar-refractivity contribution in [2.24, 2.45) is 5.92 Å². The summed E-state index contributed by atoms with van der Waals surface area (Å²) in [6.07, 6.45) is 2.63. The molecule has 0 amide bonds. The van der Waals surface area contributed by atoms with Gasteiger partial charge in [0, 0.05) is 38.3 Å². The number of esters is 1. The Morgan fingerprint density at radius 1 is 1.14 bits per heavy atom. The second-order valence-electron chi connectivity index (χ2n) is 7.98. The van der Waals surface area contributed by atoms with Crippen LogP contribution in [0.25, 0.3) is 0 Å². The molecule has 6 nitrogen and oxygen atoms in total. The number of fused-ring (bicyclic) bond motifs is 1. The summed E-state index contributed by atoms with van der Waals surface area (Å²) >= 11 is 0. The molecule has 29 heavy (non-hydrogen) atoms. The number of carbonyl (C=O) groups excluding carboxylic acids is 1. The van der Waals surface area contributed by atoms with E-state index in [2.05, 4.69) is 40.1 Å². The van der Waals surface area contributed by atoms with Crippen molar-refractivity contribution in [3.05, 3.63) is 53.0 Å². The van der Waals surface area contributed by atoms with Crippen molar-refractivity contribution in [1.29, 1.82) is 0 Å². The largest absolute Gasteiger partial charge is 0.466 e. The number of aromatic nitrogens is 2. The molecule has 3 heterocycles. The maximum atomic E-state index is 12.0. The normalized spacial score (nSPS) is 17.8. The molecule has 2 aliphatic heterocycles. The lowest BCUT2D eigenvalue weighted by atomic mass is 9.96. The van der Waals surface area contributed by atoms with Gasteiger partial charge in [-0.3, -0.25) is 9.69 Å². The minimum atomic E-state index is -0.0513. The highest BCUT2D eigenvalue weighted by atomic mass is 16.5. The number of hydrogen-bond donors (Lipinski definition) is 0. The summed E-state index contributed by atoms with van der Waals surface area (Å²) in [5, 5.41) is 0. The zero-order valence-corrected chi connectivity index (χ0v) is 17.4. The summed E-state index contributed by atoms with van der Waals surface area (Å²) in [6.45, 7) is 8.82. The van der Waals surface area contributed by atoms with Gasteiger partial charge in [0.2, 0.25) is 0 Å². The van der Waals surface area contributed by atoms with Crippen molar-refractivity contribution >= 4 is 11.8 Å². The van der Waals surface area contributed by atoms with E-state index in [1.54, 1.807) is 0 Å². The number of nitrogens with zero attached hydrogens (tertiary/aromatic N) is 4. The molecule has 6 heteroatoms. The molecular formula is C23H30N4O2. The van der Waals surface area contributed by atoms with Crippen molar-refractivity contribution in [2.75, 3.05) is 31.1 Å². The average Bonchev–Trinajstić information content (AvgIpc) is 2.74. The Bertz CT molecular complexity index is 847. The van der Waals surface area contributed by atoms with Crippen LogP contribution in [-0.2, 0) is 29.0 Å². The van der Waals surface area contributed by atoms with Crippen LogP contribution in [0.3, 0.4) is 0 Å². The molecule has 0 radical (unpaired) electrons.